The van der Waals surface area contributed by atoms with Crippen molar-refractivity contribution in [3.05, 3.63) is 70.8 Å². The molecule has 0 saturated carbocycles. The van der Waals surface area contributed by atoms with Gasteiger partial charge in [0.15, 0.2) is 0 Å². The zero-order valence-electron chi connectivity index (χ0n) is 18.5. The lowest BCUT2D eigenvalue weighted by molar-refractivity contribution is -0.139. The number of phenols is 1. The molecule has 0 unspecified atom stereocenters. The topological polar surface area (TPSA) is 110 Å². The highest BCUT2D eigenvalue weighted by Crippen LogP contribution is 2.24. The summed E-state index contributed by atoms with van der Waals surface area (Å²) in [5.41, 5.74) is 15.7. The molecule has 0 aliphatic carbocycles. The van der Waals surface area contributed by atoms with Crippen molar-refractivity contribution in [2.75, 3.05) is 6.54 Å². The van der Waals surface area contributed by atoms with E-state index in [-0.39, 0.29) is 18.2 Å². The summed E-state index contributed by atoms with van der Waals surface area (Å²) in [4.78, 5) is 26.5. The Morgan fingerprint density at radius 2 is 1.68 bits per heavy atom. The summed E-state index contributed by atoms with van der Waals surface area (Å²) >= 11 is 0. The molecule has 6 nitrogen and oxygen atoms in total. The van der Waals surface area contributed by atoms with E-state index < -0.39 is 18.0 Å². The first-order valence-electron chi connectivity index (χ1n) is 10.7. The Balaban J connectivity index is 2.24. The van der Waals surface area contributed by atoms with Gasteiger partial charge in [0.05, 0.1) is 6.04 Å². The number of aromatic hydroxyl groups is 1. The maximum atomic E-state index is 13.2. The summed E-state index contributed by atoms with van der Waals surface area (Å²) in [5.74, 6) is -0.699. The molecule has 2 aromatic carbocycles. The molecule has 0 aliphatic rings. The highest BCUT2D eigenvalue weighted by Gasteiger charge is 2.28. The lowest BCUT2D eigenvalue weighted by atomic mass is 9.91. The van der Waals surface area contributed by atoms with Crippen LogP contribution in [0.3, 0.4) is 0 Å². The second-order valence-corrected chi connectivity index (χ2v) is 7.64. The number of carbonyl (C=O) groups excluding carboxylic acids is 2. The van der Waals surface area contributed by atoms with E-state index in [1.165, 1.54) is 4.90 Å². The third-order valence-corrected chi connectivity index (χ3v) is 5.50. The van der Waals surface area contributed by atoms with Crippen LogP contribution in [0.1, 0.15) is 43.0 Å². The van der Waals surface area contributed by atoms with Crippen molar-refractivity contribution >= 4 is 17.9 Å². The Labute approximate surface area is 184 Å². The Morgan fingerprint density at radius 1 is 1.10 bits per heavy atom. The Kier molecular flexibility index (Phi) is 8.82. The van der Waals surface area contributed by atoms with Crippen molar-refractivity contribution in [1.82, 2.24) is 4.90 Å². The number of carbonyl (C=O) groups is 2. The van der Waals surface area contributed by atoms with Crippen LogP contribution in [0.5, 0.6) is 5.75 Å². The maximum absolute atomic E-state index is 13.2. The molecule has 31 heavy (non-hydrogen) atoms. The van der Waals surface area contributed by atoms with Crippen LogP contribution in [0, 0.1) is 0 Å². The fourth-order valence-electron chi connectivity index (χ4n) is 3.65. The summed E-state index contributed by atoms with van der Waals surface area (Å²) in [7, 11) is 0. The van der Waals surface area contributed by atoms with Crippen LogP contribution in [0.25, 0.3) is 6.08 Å². The number of nitrogens with two attached hydrogens (primary N) is 2. The smallest absolute Gasteiger partial charge is 0.240 e. The Hall–Kier alpha value is -3.12. The molecule has 2 atom stereocenters. The maximum Gasteiger partial charge on any atom is 0.240 e. The van der Waals surface area contributed by atoms with E-state index in [0.29, 0.717) is 6.42 Å². The molecule has 0 aromatic heterocycles. The molecule has 0 fully saturated rings. The van der Waals surface area contributed by atoms with Crippen LogP contribution in [-0.4, -0.2) is 40.4 Å². The van der Waals surface area contributed by atoms with Gasteiger partial charge in [0, 0.05) is 6.54 Å². The first-order chi connectivity index (χ1) is 14.8. The summed E-state index contributed by atoms with van der Waals surface area (Å²) < 4.78 is 0. The van der Waals surface area contributed by atoms with Gasteiger partial charge in [-0.1, -0.05) is 56.3 Å². The van der Waals surface area contributed by atoms with E-state index in [1.807, 2.05) is 56.3 Å². The summed E-state index contributed by atoms with van der Waals surface area (Å²) in [6.45, 7) is 5.84. The monoisotopic (exact) mass is 423 g/mol. The largest absolute Gasteiger partial charge is 0.508 e. The van der Waals surface area contributed by atoms with Gasteiger partial charge in [0.2, 0.25) is 11.8 Å². The molecular formula is C25H33N3O3. The number of rotatable bonds is 10. The van der Waals surface area contributed by atoms with Crippen molar-refractivity contribution in [2.24, 2.45) is 11.5 Å². The number of hydrogen-bond donors (Lipinski definition) is 3. The van der Waals surface area contributed by atoms with E-state index >= 15 is 0 Å². The molecule has 166 valence electrons. The number of phenolic OH excluding ortho intramolecular Hbond substituents is 1. The number of benzene rings is 2. The molecule has 2 amide bonds. The van der Waals surface area contributed by atoms with Crippen LogP contribution in [-0.2, 0) is 28.9 Å². The number of aryl methyl sites for hydroxylation is 2. The van der Waals surface area contributed by atoms with Crippen LogP contribution >= 0.6 is 0 Å². The van der Waals surface area contributed by atoms with Crippen molar-refractivity contribution in [2.45, 2.75) is 52.1 Å². The lowest BCUT2D eigenvalue weighted by Crippen LogP contribution is -2.52. The fraction of sp³-hybridized carbons (Fsp3) is 0.360. The third-order valence-electron chi connectivity index (χ3n) is 5.50. The second-order valence-electron chi connectivity index (χ2n) is 7.64. The normalized spacial score (nSPS) is 13.2. The van der Waals surface area contributed by atoms with Crippen molar-refractivity contribution < 1.29 is 14.7 Å². The van der Waals surface area contributed by atoms with Crippen LogP contribution in [0.15, 0.2) is 48.5 Å². The molecule has 2 aromatic rings. The van der Waals surface area contributed by atoms with Crippen molar-refractivity contribution in [3.63, 3.8) is 0 Å². The van der Waals surface area contributed by atoms with E-state index in [9.17, 15) is 14.7 Å². The van der Waals surface area contributed by atoms with Gasteiger partial charge in [0.1, 0.15) is 11.8 Å². The Bertz CT molecular complexity index is 900. The molecule has 0 aliphatic heterocycles. The highest BCUT2D eigenvalue weighted by atomic mass is 16.3. The first-order valence-corrected chi connectivity index (χ1v) is 10.7. The van der Waals surface area contributed by atoms with Gasteiger partial charge in [-0.15, -0.1) is 0 Å². The zero-order valence-corrected chi connectivity index (χ0v) is 18.5. The van der Waals surface area contributed by atoms with Crippen LogP contribution in [0.2, 0.25) is 0 Å². The molecule has 5 N–H and O–H groups in total. The molecule has 2 rings (SSSR count). The molecular weight excluding hydrogens is 390 g/mol. The molecule has 0 bridgehead atoms. The number of hydrogen-bond acceptors (Lipinski definition) is 4. The summed E-state index contributed by atoms with van der Waals surface area (Å²) in [5, 5.41) is 9.97. The first kappa shape index (κ1) is 24.2. The summed E-state index contributed by atoms with van der Waals surface area (Å²) in [6, 6.07) is 11.5. The van der Waals surface area contributed by atoms with E-state index in [0.717, 1.165) is 35.1 Å². The lowest BCUT2D eigenvalue weighted by Gasteiger charge is -2.29. The van der Waals surface area contributed by atoms with Crippen LogP contribution in [0.4, 0.5) is 0 Å². The van der Waals surface area contributed by atoms with Gasteiger partial charge in [-0.25, -0.2) is 0 Å². The number of primary amides is 1. The number of amides is 2. The van der Waals surface area contributed by atoms with Gasteiger partial charge < -0.3 is 21.5 Å². The van der Waals surface area contributed by atoms with Crippen molar-refractivity contribution in [1.29, 1.82) is 0 Å². The minimum Gasteiger partial charge on any atom is -0.508 e. The Morgan fingerprint density at radius 3 is 2.19 bits per heavy atom. The quantitative estimate of drug-likeness (QED) is 0.546. The third kappa shape index (κ3) is 6.43. The van der Waals surface area contributed by atoms with Crippen molar-refractivity contribution in [3.8, 4) is 5.75 Å². The van der Waals surface area contributed by atoms with Gasteiger partial charge in [-0.3, -0.25) is 9.59 Å². The van der Waals surface area contributed by atoms with Gasteiger partial charge in [0.25, 0.3) is 0 Å². The summed E-state index contributed by atoms with van der Waals surface area (Å²) in [6.07, 6.45) is 5.49. The highest BCUT2D eigenvalue weighted by molar-refractivity contribution is 5.89. The predicted molar refractivity (Wildman–Crippen MR) is 124 cm³/mol. The number of nitrogens with zero attached hydrogens (tertiary/aromatic N) is 1. The van der Waals surface area contributed by atoms with Gasteiger partial charge in [-0.05, 0) is 60.6 Å². The average Bonchev–Trinajstić information content (AvgIpc) is 2.77. The van der Waals surface area contributed by atoms with Gasteiger partial charge in [-0.2, -0.15) is 0 Å². The van der Waals surface area contributed by atoms with E-state index in [1.54, 1.807) is 19.1 Å². The minimum absolute atomic E-state index is 0.215. The molecule has 0 radical (unpaired) electrons. The molecule has 0 spiro atoms. The fourth-order valence-corrected chi connectivity index (χ4v) is 3.65. The average molecular weight is 424 g/mol. The standard InChI is InChI=1S/C25H33N3O3/c1-4-19-14-21(29)15-20(5-2)22(19)16-23(26)25(31)28(17(3)24(27)30)13-9-12-18-10-7-6-8-11-18/h6-12,14-15,17,23,29H,4-5,13,16,26H2,1-3H3,(H2,27,30)/b12-9-/t17-,23+/m1/s1. The van der Waals surface area contributed by atoms with Crippen LogP contribution < -0.4 is 11.5 Å². The second kappa shape index (κ2) is 11.3. The van der Waals surface area contributed by atoms with E-state index in [2.05, 4.69) is 0 Å². The van der Waals surface area contributed by atoms with Gasteiger partial charge >= 0.3 is 0 Å². The zero-order chi connectivity index (χ0) is 23.0. The molecule has 0 heterocycles. The van der Waals surface area contributed by atoms with E-state index in [4.69, 9.17) is 11.5 Å². The SMILES string of the molecule is CCc1cc(O)cc(CC)c1C[C@H](N)C(=O)N(C/C=C\c1ccccc1)[C@H](C)C(N)=O. The predicted octanol–water partition coefficient (Wildman–Crippen LogP) is 2.80. The molecule has 6 heteroatoms. The molecule has 0 saturated heterocycles. The minimum atomic E-state index is -0.827.